The number of benzene rings is 1. The molecule has 110 valence electrons. The number of carbonyl (C=O) groups is 2. The van der Waals surface area contributed by atoms with Crippen molar-refractivity contribution in [1.29, 1.82) is 0 Å². The molecule has 0 aliphatic carbocycles. The zero-order valence-corrected chi connectivity index (χ0v) is 12.6. The van der Waals surface area contributed by atoms with Crippen LogP contribution in [0.1, 0.15) is 38.7 Å². The number of nitrogens with one attached hydrogen (secondary N) is 1. The number of nitrogens with zero attached hydrogens (tertiary/aromatic N) is 1. The number of amides is 2. The molecule has 1 aromatic carbocycles. The van der Waals surface area contributed by atoms with E-state index >= 15 is 0 Å². The van der Waals surface area contributed by atoms with E-state index in [1.54, 1.807) is 11.0 Å². The molecule has 20 heavy (non-hydrogen) atoms. The first-order valence-electron chi connectivity index (χ1n) is 7.25. The van der Waals surface area contributed by atoms with Crippen LogP contribution in [0.15, 0.2) is 24.3 Å². The van der Waals surface area contributed by atoms with E-state index in [9.17, 15) is 9.59 Å². The summed E-state index contributed by atoms with van der Waals surface area (Å²) >= 11 is 0. The van der Waals surface area contributed by atoms with Gasteiger partial charge in [0, 0.05) is 18.8 Å². The van der Waals surface area contributed by atoms with Crippen molar-refractivity contribution in [2.75, 3.05) is 18.4 Å². The van der Waals surface area contributed by atoms with Gasteiger partial charge in [-0.3, -0.25) is 9.59 Å². The Bertz CT molecular complexity index is 458. The number of aryl methyl sites for hydroxylation is 1. The molecule has 1 aromatic rings. The van der Waals surface area contributed by atoms with E-state index in [1.165, 1.54) is 0 Å². The summed E-state index contributed by atoms with van der Waals surface area (Å²) in [5, 5.41) is 2.67. The Kier molecular flexibility index (Phi) is 6.77. The fourth-order valence-electron chi connectivity index (χ4n) is 1.98. The highest BCUT2D eigenvalue weighted by Crippen LogP contribution is 2.10. The summed E-state index contributed by atoms with van der Waals surface area (Å²) in [5.74, 6) is -0.998. The second-order valence-electron chi connectivity index (χ2n) is 4.97. The van der Waals surface area contributed by atoms with Crippen molar-refractivity contribution >= 4 is 17.5 Å². The Morgan fingerprint density at radius 2 is 1.90 bits per heavy atom. The lowest BCUT2D eigenvalue weighted by atomic mass is 10.2. The van der Waals surface area contributed by atoms with Gasteiger partial charge in [0.25, 0.3) is 0 Å². The van der Waals surface area contributed by atoms with Crippen molar-refractivity contribution in [3.8, 4) is 0 Å². The maximum absolute atomic E-state index is 12.1. The average molecular weight is 276 g/mol. The van der Waals surface area contributed by atoms with Gasteiger partial charge in [0.1, 0.15) is 0 Å². The van der Waals surface area contributed by atoms with Crippen LogP contribution in [0, 0.1) is 6.92 Å². The first-order valence-corrected chi connectivity index (χ1v) is 7.25. The van der Waals surface area contributed by atoms with Crippen molar-refractivity contribution in [2.45, 2.75) is 40.0 Å². The van der Waals surface area contributed by atoms with Gasteiger partial charge in [0.15, 0.2) is 0 Å². The number of carbonyl (C=O) groups excluding carboxylic acids is 2. The highest BCUT2D eigenvalue weighted by molar-refractivity contribution is 6.39. The van der Waals surface area contributed by atoms with Crippen LogP contribution in [-0.4, -0.2) is 29.8 Å². The minimum absolute atomic E-state index is 0.443. The largest absolute Gasteiger partial charge is 0.334 e. The molecule has 0 saturated carbocycles. The van der Waals surface area contributed by atoms with Crippen molar-refractivity contribution in [2.24, 2.45) is 0 Å². The lowest BCUT2D eigenvalue weighted by Crippen LogP contribution is -2.40. The Morgan fingerprint density at radius 1 is 1.15 bits per heavy atom. The molecule has 0 atom stereocenters. The van der Waals surface area contributed by atoms with Crippen LogP contribution in [0.5, 0.6) is 0 Å². The maximum Gasteiger partial charge on any atom is 0.313 e. The first kappa shape index (κ1) is 16.2. The maximum atomic E-state index is 12.1. The number of hydrogen-bond donors (Lipinski definition) is 1. The predicted molar refractivity (Wildman–Crippen MR) is 81.6 cm³/mol. The molecule has 0 saturated heterocycles. The Labute approximate surface area is 121 Å². The van der Waals surface area contributed by atoms with Crippen molar-refractivity contribution in [3.05, 3.63) is 29.8 Å². The molecule has 4 nitrogen and oxygen atoms in total. The van der Waals surface area contributed by atoms with E-state index in [0.717, 1.165) is 24.8 Å². The van der Waals surface area contributed by atoms with Crippen molar-refractivity contribution < 1.29 is 9.59 Å². The molecule has 0 heterocycles. The van der Waals surface area contributed by atoms with Crippen LogP contribution in [0.2, 0.25) is 0 Å². The summed E-state index contributed by atoms with van der Waals surface area (Å²) < 4.78 is 0. The van der Waals surface area contributed by atoms with Crippen molar-refractivity contribution in [3.63, 3.8) is 0 Å². The van der Waals surface area contributed by atoms with Gasteiger partial charge in [-0.05, 0) is 37.5 Å². The normalized spacial score (nSPS) is 10.2. The summed E-state index contributed by atoms with van der Waals surface area (Å²) in [4.78, 5) is 25.8. The van der Waals surface area contributed by atoms with E-state index in [0.29, 0.717) is 18.8 Å². The quantitative estimate of drug-likeness (QED) is 0.812. The highest BCUT2D eigenvalue weighted by Gasteiger charge is 2.20. The minimum atomic E-state index is -0.555. The second kappa shape index (κ2) is 8.35. The topological polar surface area (TPSA) is 49.4 Å². The van der Waals surface area contributed by atoms with Gasteiger partial charge in [-0.25, -0.2) is 0 Å². The molecule has 0 aromatic heterocycles. The third-order valence-electron chi connectivity index (χ3n) is 3.03. The molecule has 0 aliphatic heterocycles. The summed E-state index contributed by atoms with van der Waals surface area (Å²) in [7, 11) is 0. The molecule has 0 unspecified atom stereocenters. The SMILES string of the molecule is CCCCN(CCC)C(=O)C(=O)Nc1cccc(C)c1. The Balaban J connectivity index is 2.66. The van der Waals surface area contributed by atoms with Gasteiger partial charge in [0.2, 0.25) is 0 Å². The summed E-state index contributed by atoms with van der Waals surface area (Å²) in [5.41, 5.74) is 1.71. The summed E-state index contributed by atoms with van der Waals surface area (Å²) in [6, 6.07) is 7.44. The first-order chi connectivity index (χ1) is 9.58. The summed E-state index contributed by atoms with van der Waals surface area (Å²) in [6.07, 6.45) is 2.78. The van der Waals surface area contributed by atoms with E-state index in [1.807, 2.05) is 32.0 Å². The summed E-state index contributed by atoms with van der Waals surface area (Å²) in [6.45, 7) is 7.29. The standard InChI is InChI=1S/C16H24N2O2/c1-4-6-11-18(10-5-2)16(20)15(19)17-14-9-7-8-13(3)12-14/h7-9,12H,4-6,10-11H2,1-3H3,(H,17,19). The second-order valence-corrected chi connectivity index (χ2v) is 4.97. The molecule has 1 N–H and O–H groups in total. The smallest absolute Gasteiger partial charge is 0.313 e. The molecular weight excluding hydrogens is 252 g/mol. The minimum Gasteiger partial charge on any atom is -0.334 e. The van der Waals surface area contributed by atoms with E-state index < -0.39 is 11.8 Å². The monoisotopic (exact) mass is 276 g/mol. The average Bonchev–Trinajstić information content (AvgIpc) is 2.42. The molecule has 0 bridgehead atoms. The third kappa shape index (κ3) is 5.03. The number of anilines is 1. The molecule has 4 heteroatoms. The van der Waals surface area contributed by atoms with Gasteiger partial charge in [-0.2, -0.15) is 0 Å². The van der Waals surface area contributed by atoms with Crippen LogP contribution < -0.4 is 5.32 Å². The van der Waals surface area contributed by atoms with E-state index in [4.69, 9.17) is 0 Å². The molecule has 0 radical (unpaired) electrons. The number of rotatable bonds is 6. The van der Waals surface area contributed by atoms with Gasteiger partial charge < -0.3 is 10.2 Å². The lowest BCUT2D eigenvalue weighted by Gasteiger charge is -2.21. The van der Waals surface area contributed by atoms with Gasteiger partial charge in [-0.15, -0.1) is 0 Å². The molecule has 2 amide bonds. The zero-order chi connectivity index (χ0) is 15.0. The third-order valence-corrected chi connectivity index (χ3v) is 3.03. The van der Waals surface area contributed by atoms with Crippen LogP contribution in [0.4, 0.5) is 5.69 Å². The van der Waals surface area contributed by atoms with Crippen molar-refractivity contribution in [1.82, 2.24) is 4.90 Å². The molecule has 0 spiro atoms. The van der Waals surface area contributed by atoms with Crippen LogP contribution in [-0.2, 0) is 9.59 Å². The van der Waals surface area contributed by atoms with Crippen LogP contribution in [0.3, 0.4) is 0 Å². The number of unbranched alkanes of at least 4 members (excludes halogenated alkanes) is 1. The fourth-order valence-corrected chi connectivity index (χ4v) is 1.98. The Hall–Kier alpha value is -1.84. The fraction of sp³-hybridized carbons (Fsp3) is 0.500. The number of hydrogen-bond acceptors (Lipinski definition) is 2. The predicted octanol–water partition coefficient (Wildman–Crippen LogP) is 2.97. The lowest BCUT2D eigenvalue weighted by molar-refractivity contribution is -0.143. The zero-order valence-electron chi connectivity index (χ0n) is 12.6. The van der Waals surface area contributed by atoms with E-state index in [2.05, 4.69) is 12.2 Å². The van der Waals surface area contributed by atoms with Gasteiger partial charge in [0.05, 0.1) is 0 Å². The highest BCUT2D eigenvalue weighted by atomic mass is 16.2. The van der Waals surface area contributed by atoms with E-state index in [-0.39, 0.29) is 0 Å². The Morgan fingerprint density at radius 3 is 2.50 bits per heavy atom. The van der Waals surface area contributed by atoms with Crippen LogP contribution >= 0.6 is 0 Å². The van der Waals surface area contributed by atoms with Gasteiger partial charge >= 0.3 is 11.8 Å². The molecule has 0 aliphatic rings. The molecule has 0 fully saturated rings. The molecular formula is C16H24N2O2. The molecule has 1 rings (SSSR count). The van der Waals surface area contributed by atoms with Crippen LogP contribution in [0.25, 0.3) is 0 Å². The van der Waals surface area contributed by atoms with Gasteiger partial charge in [-0.1, -0.05) is 32.4 Å².